The van der Waals surface area contributed by atoms with Crippen LogP contribution in [0.15, 0.2) is 0 Å². The zero-order chi connectivity index (χ0) is 10.6. The van der Waals surface area contributed by atoms with Crippen molar-refractivity contribution >= 4 is 13.6 Å². The van der Waals surface area contributed by atoms with Crippen molar-refractivity contribution in [2.75, 3.05) is 6.61 Å². The summed E-state index contributed by atoms with van der Waals surface area (Å²) in [5.74, 6) is -0.747. The smallest absolute Gasteiger partial charge is 0.790 e. The van der Waals surface area contributed by atoms with Crippen LogP contribution in [0, 0.1) is 0 Å². The SMILES string of the molecule is CC(=O)[C@@H](O)[C@H](O)COP(=O)([O-])[O-].[Na+].[Na+]. The maximum absolute atomic E-state index is 10.4. The molecular formula is C5H9Na2O7P. The molecule has 0 aromatic heterocycles. The summed E-state index contributed by atoms with van der Waals surface area (Å²) in [7, 11) is -5.17. The van der Waals surface area contributed by atoms with Crippen molar-refractivity contribution in [3.8, 4) is 0 Å². The van der Waals surface area contributed by atoms with E-state index in [4.69, 9.17) is 10.2 Å². The third-order valence-electron chi connectivity index (χ3n) is 1.18. The Labute approximate surface area is 131 Å². The number of ketones is 1. The van der Waals surface area contributed by atoms with E-state index in [0.717, 1.165) is 6.92 Å². The van der Waals surface area contributed by atoms with Gasteiger partial charge in [-0.3, -0.25) is 4.79 Å². The second kappa shape index (κ2) is 9.70. The van der Waals surface area contributed by atoms with Crippen LogP contribution in [-0.4, -0.2) is 34.8 Å². The zero-order valence-corrected chi connectivity index (χ0v) is 13.6. The quantitative estimate of drug-likeness (QED) is 0.370. The van der Waals surface area contributed by atoms with E-state index < -0.39 is 32.4 Å². The van der Waals surface area contributed by atoms with Gasteiger partial charge in [-0.2, -0.15) is 0 Å². The average Bonchev–Trinajstić information content (AvgIpc) is 1.97. The Hall–Kier alpha value is 1.70. The van der Waals surface area contributed by atoms with E-state index in [1.807, 2.05) is 0 Å². The predicted octanol–water partition coefficient (Wildman–Crippen LogP) is -8.85. The van der Waals surface area contributed by atoms with Gasteiger partial charge >= 0.3 is 59.1 Å². The number of rotatable bonds is 5. The molecule has 0 bridgehead atoms. The minimum absolute atomic E-state index is 0. The van der Waals surface area contributed by atoms with Gasteiger partial charge < -0.3 is 29.1 Å². The Bertz CT molecular complexity index is 229. The third-order valence-corrected chi connectivity index (χ3v) is 1.65. The summed E-state index contributed by atoms with van der Waals surface area (Å²) >= 11 is 0. The molecule has 0 spiro atoms. The van der Waals surface area contributed by atoms with Gasteiger partial charge in [-0.1, -0.05) is 0 Å². The van der Waals surface area contributed by atoms with E-state index in [-0.39, 0.29) is 59.1 Å². The summed E-state index contributed by atoms with van der Waals surface area (Å²) in [4.78, 5) is 30.2. The van der Waals surface area contributed by atoms with Gasteiger partial charge in [0.05, 0.1) is 14.4 Å². The summed E-state index contributed by atoms with van der Waals surface area (Å²) in [6.45, 7) is 0.0763. The maximum atomic E-state index is 10.4. The molecule has 15 heavy (non-hydrogen) atoms. The van der Waals surface area contributed by atoms with E-state index >= 15 is 0 Å². The van der Waals surface area contributed by atoms with Crippen LogP contribution in [0.3, 0.4) is 0 Å². The second-order valence-electron chi connectivity index (χ2n) is 2.37. The summed E-state index contributed by atoms with van der Waals surface area (Å²) < 4.78 is 13.5. The average molecular weight is 258 g/mol. The molecule has 0 fully saturated rings. The summed E-state index contributed by atoms with van der Waals surface area (Å²) in [5, 5.41) is 17.7. The molecule has 0 aliphatic heterocycles. The molecule has 78 valence electrons. The molecule has 0 rings (SSSR count). The molecule has 0 aromatic carbocycles. The van der Waals surface area contributed by atoms with Crippen molar-refractivity contribution in [3.63, 3.8) is 0 Å². The van der Waals surface area contributed by atoms with Gasteiger partial charge in [0.1, 0.15) is 12.2 Å². The van der Waals surface area contributed by atoms with Crippen LogP contribution >= 0.6 is 7.82 Å². The van der Waals surface area contributed by atoms with Gasteiger partial charge in [0.2, 0.25) is 0 Å². The van der Waals surface area contributed by atoms with Gasteiger partial charge in [0.15, 0.2) is 5.78 Å². The zero-order valence-electron chi connectivity index (χ0n) is 8.74. The van der Waals surface area contributed by atoms with Crippen LogP contribution in [-0.2, 0) is 13.9 Å². The Morgan fingerprint density at radius 3 is 2.07 bits per heavy atom. The van der Waals surface area contributed by atoms with Crippen molar-refractivity contribution < 1.29 is 93.0 Å². The largest absolute Gasteiger partial charge is 1.00 e. The molecule has 2 atom stereocenters. The van der Waals surface area contributed by atoms with E-state index in [1.165, 1.54) is 0 Å². The van der Waals surface area contributed by atoms with Crippen molar-refractivity contribution in [2.45, 2.75) is 19.1 Å². The second-order valence-corrected chi connectivity index (χ2v) is 3.52. The van der Waals surface area contributed by atoms with E-state index in [1.54, 1.807) is 0 Å². The molecule has 0 unspecified atom stereocenters. The number of hydrogen-bond acceptors (Lipinski definition) is 7. The van der Waals surface area contributed by atoms with Crippen LogP contribution in [0.25, 0.3) is 0 Å². The van der Waals surface area contributed by atoms with Crippen LogP contribution in [0.4, 0.5) is 0 Å². The number of carbonyl (C=O) groups is 1. The monoisotopic (exact) mass is 258 g/mol. The molecule has 0 aromatic rings. The Morgan fingerprint density at radius 2 is 1.80 bits per heavy atom. The number of Topliss-reactive ketones (excluding diaryl/α,β-unsaturated/α-hetero) is 1. The third kappa shape index (κ3) is 12.0. The molecule has 0 aliphatic carbocycles. The van der Waals surface area contributed by atoms with Crippen molar-refractivity contribution in [2.24, 2.45) is 0 Å². The first-order chi connectivity index (χ1) is 5.74. The minimum Gasteiger partial charge on any atom is -0.790 e. The molecule has 0 aliphatic rings. The molecule has 0 radical (unpaired) electrons. The van der Waals surface area contributed by atoms with E-state index in [9.17, 15) is 19.1 Å². The number of carbonyl (C=O) groups excluding carboxylic acids is 1. The van der Waals surface area contributed by atoms with Gasteiger partial charge in [0.25, 0.3) is 0 Å². The fourth-order valence-electron chi connectivity index (χ4n) is 0.530. The number of phosphoric ester groups is 1. The predicted molar refractivity (Wildman–Crippen MR) is 36.3 cm³/mol. The normalized spacial score (nSPS) is 14.5. The van der Waals surface area contributed by atoms with E-state index in [0.29, 0.717) is 0 Å². The van der Waals surface area contributed by atoms with Crippen LogP contribution in [0.1, 0.15) is 6.92 Å². The summed E-state index contributed by atoms with van der Waals surface area (Å²) in [6.07, 6.45) is -3.46. The molecule has 2 N–H and O–H groups in total. The summed E-state index contributed by atoms with van der Waals surface area (Å²) in [6, 6.07) is 0. The number of hydrogen-bond donors (Lipinski definition) is 2. The molecule has 0 saturated heterocycles. The fraction of sp³-hybridized carbons (Fsp3) is 0.800. The van der Waals surface area contributed by atoms with Gasteiger partial charge in [-0.25, -0.2) is 0 Å². The summed E-state index contributed by atoms with van der Waals surface area (Å²) in [5.41, 5.74) is 0. The molecule has 0 saturated carbocycles. The van der Waals surface area contributed by atoms with Crippen LogP contribution < -0.4 is 68.9 Å². The Balaban J connectivity index is -0.000000720. The molecule has 7 nitrogen and oxygen atoms in total. The van der Waals surface area contributed by atoms with Gasteiger partial charge in [-0.15, -0.1) is 0 Å². The first kappa shape index (κ1) is 21.9. The van der Waals surface area contributed by atoms with Gasteiger partial charge in [-0.05, 0) is 6.92 Å². The first-order valence-corrected chi connectivity index (χ1v) is 4.73. The standard InChI is InChI=1S/C5H11O7P.2Na/c1-3(6)5(8)4(7)2-12-13(9,10)11;;/h4-5,7-8H,2H2,1H3,(H2,9,10,11);;/q;2*+1/p-2/t4-,5-;;/m1../s1. The van der Waals surface area contributed by atoms with Crippen molar-refractivity contribution in [1.29, 1.82) is 0 Å². The number of aliphatic hydroxyl groups excluding tert-OH is 2. The molecule has 10 heteroatoms. The van der Waals surface area contributed by atoms with Crippen molar-refractivity contribution in [3.05, 3.63) is 0 Å². The number of aliphatic hydroxyl groups is 2. The molecular weight excluding hydrogens is 249 g/mol. The molecule has 0 amide bonds. The Morgan fingerprint density at radius 1 is 1.40 bits per heavy atom. The van der Waals surface area contributed by atoms with E-state index in [2.05, 4.69) is 4.52 Å². The maximum Gasteiger partial charge on any atom is 1.00 e. The first-order valence-electron chi connectivity index (χ1n) is 3.27. The van der Waals surface area contributed by atoms with Crippen LogP contribution in [0.2, 0.25) is 0 Å². The fourth-order valence-corrected chi connectivity index (χ4v) is 0.865. The van der Waals surface area contributed by atoms with Crippen LogP contribution in [0.5, 0.6) is 0 Å². The van der Waals surface area contributed by atoms with Gasteiger partial charge in [0, 0.05) is 0 Å². The minimum atomic E-state index is -5.17. The van der Waals surface area contributed by atoms with Crippen molar-refractivity contribution in [1.82, 2.24) is 0 Å². The Kier molecular flexibility index (Phi) is 14.2. The number of phosphoric acid groups is 1. The molecule has 0 heterocycles. The topological polar surface area (TPSA) is 130 Å².